The maximum Gasteiger partial charge on any atom is 0.242 e. The molecular formula is C19H27FIN5O3S. The fourth-order valence-corrected chi connectivity index (χ4v) is 3.32. The monoisotopic (exact) mass is 551 g/mol. The number of pyridine rings is 1. The van der Waals surface area contributed by atoms with E-state index in [2.05, 4.69) is 20.0 Å². The van der Waals surface area contributed by atoms with Gasteiger partial charge in [-0.3, -0.25) is 9.98 Å². The minimum atomic E-state index is -3.60. The van der Waals surface area contributed by atoms with Crippen molar-refractivity contribution >= 4 is 40.0 Å². The molecule has 0 unspecified atom stereocenters. The van der Waals surface area contributed by atoms with Crippen molar-refractivity contribution in [3.05, 3.63) is 54.6 Å². The van der Waals surface area contributed by atoms with Crippen LogP contribution in [0.3, 0.4) is 0 Å². The molecule has 2 rings (SSSR count). The van der Waals surface area contributed by atoms with E-state index in [1.165, 1.54) is 30.6 Å². The number of likely N-dealkylation sites (N-methyl/N-ethyl adjacent to an activating group) is 1. The number of halogens is 2. The summed E-state index contributed by atoms with van der Waals surface area (Å²) >= 11 is 0. The Morgan fingerprint density at radius 3 is 2.63 bits per heavy atom. The van der Waals surface area contributed by atoms with E-state index in [1.54, 1.807) is 18.2 Å². The second kappa shape index (κ2) is 13.3. The average Bonchev–Trinajstić information content (AvgIpc) is 2.72. The van der Waals surface area contributed by atoms with E-state index in [9.17, 15) is 12.8 Å². The number of aromatic nitrogens is 1. The third-order valence-corrected chi connectivity index (χ3v) is 5.26. The Balaban J connectivity index is 0.00000450. The van der Waals surface area contributed by atoms with Gasteiger partial charge in [-0.25, -0.2) is 17.5 Å². The largest absolute Gasteiger partial charge is 0.492 e. The summed E-state index contributed by atoms with van der Waals surface area (Å²) in [6.45, 7) is 3.98. The number of nitrogens with zero attached hydrogens (tertiary/aromatic N) is 3. The molecule has 0 saturated heterocycles. The number of benzene rings is 1. The van der Waals surface area contributed by atoms with Crippen molar-refractivity contribution in [2.45, 2.75) is 11.8 Å². The van der Waals surface area contributed by atoms with Gasteiger partial charge in [-0.15, -0.1) is 24.0 Å². The number of hydrogen-bond acceptors (Lipinski definition) is 5. The summed E-state index contributed by atoms with van der Waals surface area (Å²) < 4.78 is 45.3. The summed E-state index contributed by atoms with van der Waals surface area (Å²) in [7, 11) is -1.74. The van der Waals surface area contributed by atoms with Crippen molar-refractivity contribution in [3.63, 3.8) is 0 Å². The molecule has 0 aliphatic heterocycles. The molecule has 11 heteroatoms. The minimum Gasteiger partial charge on any atom is -0.492 e. The number of hydrogen-bond donors (Lipinski definition) is 2. The maximum absolute atomic E-state index is 12.9. The Kier molecular flexibility index (Phi) is 11.6. The summed E-state index contributed by atoms with van der Waals surface area (Å²) in [5.41, 5.74) is 0. The van der Waals surface area contributed by atoms with Crippen LogP contribution in [-0.2, 0) is 10.0 Å². The lowest BCUT2D eigenvalue weighted by Gasteiger charge is -2.22. The Labute approximate surface area is 194 Å². The van der Waals surface area contributed by atoms with Crippen LogP contribution in [0.4, 0.5) is 4.39 Å². The third kappa shape index (κ3) is 8.79. The zero-order valence-corrected chi connectivity index (χ0v) is 20.1. The minimum absolute atomic E-state index is 0. The molecule has 0 bridgehead atoms. The molecule has 0 amide bonds. The molecule has 1 aromatic heterocycles. The van der Waals surface area contributed by atoms with Crippen LogP contribution in [0.5, 0.6) is 5.75 Å². The average molecular weight is 551 g/mol. The van der Waals surface area contributed by atoms with Crippen LogP contribution in [0.1, 0.15) is 6.92 Å². The number of aliphatic imine (C=N–C) groups is 1. The normalized spacial score (nSPS) is 11.5. The van der Waals surface area contributed by atoms with Gasteiger partial charge in [0.15, 0.2) is 5.96 Å². The molecule has 166 valence electrons. The van der Waals surface area contributed by atoms with Crippen LogP contribution < -0.4 is 14.8 Å². The molecule has 8 nitrogen and oxygen atoms in total. The summed E-state index contributed by atoms with van der Waals surface area (Å²) in [6.07, 6.45) is 2.81. The Morgan fingerprint density at radius 2 is 2.00 bits per heavy atom. The molecule has 0 spiro atoms. The molecule has 0 aliphatic carbocycles. The van der Waals surface area contributed by atoms with Crippen LogP contribution >= 0.6 is 24.0 Å². The molecule has 30 heavy (non-hydrogen) atoms. The maximum atomic E-state index is 12.9. The lowest BCUT2D eigenvalue weighted by molar-refractivity contribution is 0.281. The number of sulfonamides is 1. The van der Waals surface area contributed by atoms with E-state index in [0.29, 0.717) is 31.4 Å². The van der Waals surface area contributed by atoms with Crippen LogP contribution in [0, 0.1) is 5.82 Å². The first-order chi connectivity index (χ1) is 13.9. The molecule has 2 N–H and O–H groups in total. The zero-order valence-electron chi connectivity index (χ0n) is 16.9. The number of rotatable bonds is 10. The van der Waals surface area contributed by atoms with Gasteiger partial charge in [-0.2, -0.15) is 0 Å². The Morgan fingerprint density at radius 1 is 1.27 bits per heavy atom. The standard InChI is InChI=1S/C19H26FN5O3S.HI/c1-3-22-19(25(2)13-14-28-17-8-6-16(20)7-9-17)23-11-12-24-29(26,27)18-5-4-10-21-15-18;/h4-10,15,24H,3,11-14H2,1-2H3,(H,22,23);1H. The molecule has 0 atom stereocenters. The Bertz CT molecular complexity index is 883. The van der Waals surface area contributed by atoms with Gasteiger partial charge in [0.1, 0.15) is 23.1 Å². The molecule has 1 heterocycles. The van der Waals surface area contributed by atoms with Gasteiger partial charge in [0.2, 0.25) is 10.0 Å². The van der Waals surface area contributed by atoms with Gasteiger partial charge in [-0.1, -0.05) is 0 Å². The third-order valence-electron chi connectivity index (χ3n) is 3.82. The first-order valence-corrected chi connectivity index (χ1v) is 10.7. The predicted molar refractivity (Wildman–Crippen MR) is 125 cm³/mol. The van der Waals surface area contributed by atoms with Crippen molar-refractivity contribution in [2.24, 2.45) is 4.99 Å². The van der Waals surface area contributed by atoms with Gasteiger partial charge in [0, 0.05) is 32.5 Å². The highest BCUT2D eigenvalue weighted by atomic mass is 127. The van der Waals surface area contributed by atoms with E-state index in [-0.39, 0.29) is 47.8 Å². The first-order valence-electron chi connectivity index (χ1n) is 9.20. The molecule has 2 aromatic rings. The second-order valence-electron chi connectivity index (χ2n) is 6.05. The SMILES string of the molecule is CCNC(=NCCNS(=O)(=O)c1cccnc1)N(C)CCOc1ccc(F)cc1.I. The van der Waals surface area contributed by atoms with Gasteiger partial charge >= 0.3 is 0 Å². The lowest BCUT2D eigenvalue weighted by Crippen LogP contribution is -2.41. The molecule has 0 saturated carbocycles. The van der Waals surface area contributed by atoms with E-state index in [0.717, 1.165) is 0 Å². The van der Waals surface area contributed by atoms with Crippen molar-refractivity contribution in [1.29, 1.82) is 0 Å². The number of guanidine groups is 1. The van der Waals surface area contributed by atoms with Gasteiger partial charge < -0.3 is 15.0 Å². The summed E-state index contributed by atoms with van der Waals surface area (Å²) in [5, 5.41) is 3.15. The van der Waals surface area contributed by atoms with Crippen molar-refractivity contribution in [1.82, 2.24) is 19.9 Å². The molecular weight excluding hydrogens is 524 g/mol. The van der Waals surface area contributed by atoms with Crippen molar-refractivity contribution < 1.29 is 17.5 Å². The van der Waals surface area contributed by atoms with Crippen LogP contribution in [0.25, 0.3) is 0 Å². The molecule has 1 aromatic carbocycles. The van der Waals surface area contributed by atoms with E-state index in [1.807, 2.05) is 18.9 Å². The quantitative estimate of drug-likeness (QED) is 0.203. The molecule has 0 aliphatic rings. The van der Waals surface area contributed by atoms with Crippen LogP contribution in [0.15, 0.2) is 58.7 Å². The number of nitrogens with one attached hydrogen (secondary N) is 2. The smallest absolute Gasteiger partial charge is 0.242 e. The van der Waals surface area contributed by atoms with Crippen LogP contribution in [-0.4, -0.2) is 64.1 Å². The number of ether oxygens (including phenoxy) is 1. The summed E-state index contributed by atoms with van der Waals surface area (Å²) in [4.78, 5) is 10.2. The van der Waals surface area contributed by atoms with Gasteiger partial charge in [-0.05, 0) is 43.3 Å². The molecule has 0 fully saturated rings. The topological polar surface area (TPSA) is 95.9 Å². The van der Waals surface area contributed by atoms with Crippen LogP contribution in [0.2, 0.25) is 0 Å². The van der Waals surface area contributed by atoms with Crippen molar-refractivity contribution in [2.75, 3.05) is 39.8 Å². The Hall–Kier alpha value is -1.99. The zero-order chi connectivity index (χ0) is 21.1. The highest BCUT2D eigenvalue weighted by Crippen LogP contribution is 2.10. The fourth-order valence-electron chi connectivity index (χ4n) is 2.34. The van der Waals surface area contributed by atoms with Gasteiger partial charge in [0.25, 0.3) is 0 Å². The lowest BCUT2D eigenvalue weighted by atomic mass is 10.3. The highest BCUT2D eigenvalue weighted by Gasteiger charge is 2.13. The van der Waals surface area contributed by atoms with E-state index < -0.39 is 10.0 Å². The van der Waals surface area contributed by atoms with E-state index in [4.69, 9.17) is 4.74 Å². The first kappa shape index (κ1) is 26.0. The fraction of sp³-hybridized carbons (Fsp3) is 0.368. The second-order valence-corrected chi connectivity index (χ2v) is 7.81. The summed E-state index contributed by atoms with van der Waals surface area (Å²) in [6, 6.07) is 8.89. The highest BCUT2D eigenvalue weighted by molar-refractivity contribution is 14.0. The predicted octanol–water partition coefficient (Wildman–Crippen LogP) is 2.09. The summed E-state index contributed by atoms with van der Waals surface area (Å²) in [5.74, 6) is 0.914. The van der Waals surface area contributed by atoms with E-state index >= 15 is 0 Å². The van der Waals surface area contributed by atoms with Gasteiger partial charge in [0.05, 0.1) is 13.1 Å². The van der Waals surface area contributed by atoms with Crippen molar-refractivity contribution in [3.8, 4) is 5.75 Å². The molecule has 0 radical (unpaired) electrons.